The second kappa shape index (κ2) is 17.0. The Kier molecular flexibility index (Phi) is 13.1. The third-order valence-electron chi connectivity index (χ3n) is 10.2. The number of carbonyl (C=O) groups excluding carboxylic acids is 4. The van der Waals surface area contributed by atoms with Gasteiger partial charge in [-0.25, -0.2) is 0 Å². The van der Waals surface area contributed by atoms with Crippen LogP contribution in [-0.4, -0.2) is 88.4 Å². The van der Waals surface area contributed by atoms with Gasteiger partial charge in [0.2, 0.25) is 5.78 Å². The molecular weight excluding hydrogens is 700 g/mol. The molecule has 0 radical (unpaired) electrons. The van der Waals surface area contributed by atoms with Crippen molar-refractivity contribution in [1.82, 2.24) is 5.32 Å². The topological polar surface area (TPSA) is 200 Å². The number of esters is 1. The molecule has 292 valence electrons. The van der Waals surface area contributed by atoms with E-state index in [4.69, 9.17) is 23.8 Å². The third kappa shape index (κ3) is 8.20. The first-order valence-electron chi connectivity index (χ1n) is 17.7. The number of hydrogen-bond donors (Lipinski definition) is 4. The number of phenols is 1. The van der Waals surface area contributed by atoms with E-state index in [0.29, 0.717) is 0 Å². The number of aliphatic hydroxyl groups is 2. The van der Waals surface area contributed by atoms with Crippen LogP contribution in [0.4, 0.5) is 0 Å². The average Bonchev–Trinajstić information content (AvgIpc) is 3.42. The molecule has 0 saturated carbocycles. The number of nitrogens with zero attached hydrogens (tertiary/aromatic N) is 1. The molecule has 14 nitrogen and oxygen atoms in total. The molecule has 54 heavy (non-hydrogen) atoms. The molecule has 14 heteroatoms. The predicted molar refractivity (Wildman–Crippen MR) is 198 cm³/mol. The Morgan fingerprint density at radius 2 is 1.72 bits per heavy atom. The molecule has 1 aromatic carbocycles. The number of aliphatic hydroxyl groups excluding tert-OH is 2. The van der Waals surface area contributed by atoms with Crippen LogP contribution in [0.2, 0.25) is 0 Å². The van der Waals surface area contributed by atoms with Crippen LogP contribution in [0.1, 0.15) is 80.3 Å². The van der Waals surface area contributed by atoms with Crippen molar-refractivity contribution in [3.05, 3.63) is 82.8 Å². The minimum atomic E-state index is -1.79. The highest BCUT2D eigenvalue weighted by molar-refractivity contribution is 6.31. The van der Waals surface area contributed by atoms with E-state index in [9.17, 15) is 34.5 Å². The molecule has 0 aromatic heterocycles. The number of carbonyl (C=O) groups is 4. The van der Waals surface area contributed by atoms with Gasteiger partial charge in [-0.2, -0.15) is 0 Å². The first-order chi connectivity index (χ1) is 25.4. The molecule has 0 fully saturated rings. The van der Waals surface area contributed by atoms with Gasteiger partial charge >= 0.3 is 5.97 Å². The van der Waals surface area contributed by atoms with Crippen LogP contribution < -0.4 is 10.1 Å². The number of Topliss-reactive ketones (excluding diaryl/α,β-unsaturated/α-hetero) is 1. The van der Waals surface area contributed by atoms with Crippen LogP contribution in [0.3, 0.4) is 0 Å². The summed E-state index contributed by atoms with van der Waals surface area (Å²) < 4.78 is 23.9. The van der Waals surface area contributed by atoms with Gasteiger partial charge in [0, 0.05) is 61.8 Å². The van der Waals surface area contributed by atoms with Gasteiger partial charge in [-0.3, -0.25) is 19.2 Å². The Morgan fingerprint density at radius 1 is 1.04 bits per heavy atom. The molecule has 3 aliphatic heterocycles. The largest absolute Gasteiger partial charge is 0.507 e. The second-order valence-corrected chi connectivity index (χ2v) is 14.1. The van der Waals surface area contributed by atoms with Crippen molar-refractivity contribution in [2.45, 2.75) is 85.6 Å². The number of hydrogen-bond acceptors (Lipinski definition) is 13. The molecule has 0 spiro atoms. The van der Waals surface area contributed by atoms with E-state index in [1.807, 2.05) is 0 Å². The highest BCUT2D eigenvalue weighted by Gasteiger charge is 2.51. The quantitative estimate of drug-likeness (QED) is 0.144. The summed E-state index contributed by atoms with van der Waals surface area (Å²) in [6.07, 6.45) is 6.13. The fraction of sp³-hybridized carbons (Fsp3) is 0.475. The monoisotopic (exact) mass is 750 g/mol. The maximum atomic E-state index is 13.9. The molecule has 0 unspecified atom stereocenters. The second-order valence-electron chi connectivity index (χ2n) is 14.1. The van der Waals surface area contributed by atoms with Crippen LogP contribution in [0.25, 0.3) is 0 Å². The predicted octanol–water partition coefficient (Wildman–Crippen LogP) is 4.35. The molecule has 9 atom stereocenters. The van der Waals surface area contributed by atoms with Gasteiger partial charge in [-0.1, -0.05) is 63.7 Å². The number of phenolic OH excluding ortho intramolecular Hbond substituents is 1. The number of methoxy groups -OCH3 is 1. The lowest BCUT2D eigenvalue weighted by molar-refractivity contribution is -0.160. The van der Waals surface area contributed by atoms with Gasteiger partial charge < -0.3 is 44.4 Å². The summed E-state index contributed by atoms with van der Waals surface area (Å²) in [5.41, 5.74) is -0.655. The first-order valence-corrected chi connectivity index (χ1v) is 17.7. The number of ether oxygens (including phenoxy) is 4. The van der Waals surface area contributed by atoms with Crippen molar-refractivity contribution in [3.63, 3.8) is 0 Å². The number of oxime groups is 1. The maximum Gasteiger partial charge on any atom is 0.302 e. The van der Waals surface area contributed by atoms with Crippen molar-refractivity contribution in [2.24, 2.45) is 28.8 Å². The van der Waals surface area contributed by atoms with Gasteiger partial charge in [0.15, 0.2) is 11.5 Å². The zero-order valence-corrected chi connectivity index (χ0v) is 32.0. The summed E-state index contributed by atoms with van der Waals surface area (Å²) in [4.78, 5) is 58.7. The smallest absolute Gasteiger partial charge is 0.302 e. The molecule has 4 N–H and O–H groups in total. The molecule has 4 aliphatic rings. The Balaban J connectivity index is 1.90. The van der Waals surface area contributed by atoms with E-state index in [1.54, 1.807) is 45.9 Å². The van der Waals surface area contributed by atoms with Crippen LogP contribution in [0.5, 0.6) is 11.5 Å². The summed E-state index contributed by atoms with van der Waals surface area (Å²) in [5.74, 6) is -7.53. The summed E-state index contributed by atoms with van der Waals surface area (Å²) in [6.45, 7) is 16.3. The summed E-state index contributed by atoms with van der Waals surface area (Å²) in [6, 6.07) is 0. The number of fused-ring (bicyclic) bond motifs is 14. The number of amides is 1. The highest BCUT2D eigenvalue weighted by atomic mass is 16.7. The lowest BCUT2D eigenvalue weighted by atomic mass is 9.78. The highest BCUT2D eigenvalue weighted by Crippen LogP contribution is 2.48. The molecule has 1 aliphatic carbocycles. The fourth-order valence-electron chi connectivity index (χ4n) is 6.92. The van der Waals surface area contributed by atoms with E-state index in [2.05, 4.69) is 17.1 Å². The van der Waals surface area contributed by atoms with E-state index in [0.717, 1.165) is 6.08 Å². The number of allylic oxidation sites excluding steroid dienone is 4. The Morgan fingerprint density at radius 3 is 2.35 bits per heavy atom. The Labute approximate surface area is 314 Å². The van der Waals surface area contributed by atoms with E-state index < -0.39 is 83.1 Å². The molecule has 0 saturated heterocycles. The van der Waals surface area contributed by atoms with Gasteiger partial charge in [0.05, 0.1) is 47.0 Å². The molecular formula is C40H50N2O12. The minimum absolute atomic E-state index is 0.0150. The zero-order chi connectivity index (χ0) is 40.2. The Bertz CT molecular complexity index is 1840. The number of nitrogens with one attached hydrogen (secondary N) is 1. The third-order valence-corrected chi connectivity index (χ3v) is 10.2. The SMILES string of the molecule is C=CCON=C1c2c3c(C)c(O)c4c2C(=O)C=C(NC(=O)C(C)=CC=C[C@H](C)[C@H](O)[C@@H](C)[C@@H](O)[C@@H](C)[C@H](OC(C)=O)[C@H](C)[C@@H](OC)C=CO[C@@]1(C)O3)C4=O. The molecule has 5 rings (SSSR count). The lowest BCUT2D eigenvalue weighted by Crippen LogP contribution is -2.46. The lowest BCUT2D eigenvalue weighted by Gasteiger charge is -2.38. The van der Waals surface area contributed by atoms with Crippen molar-refractivity contribution in [1.29, 1.82) is 0 Å². The molecule has 1 amide bonds. The standard InChI is InChI=1S/C40H50N2O12/c1-11-16-52-42-38-31-29-27(44)18-26-35(48)30(29)34(47)24(7)37(31)54-40(38,9)51-17-15-28(50-10)21(4)36(53-25(8)43)23(6)33(46)22(5)32(45)19(2)13-12-14-20(3)39(49)41-26/h11-15,17-19,21-23,28,32-33,36,45-47H,1,16H2,2-10H3,(H,41,49)/t19-,21+,22+,23+,28-,32-,33+,36+,40-/m0/s1. The summed E-state index contributed by atoms with van der Waals surface area (Å²) >= 11 is 0. The van der Waals surface area contributed by atoms with Crippen molar-refractivity contribution < 1.29 is 58.3 Å². The normalized spacial score (nSPS) is 31.2. The van der Waals surface area contributed by atoms with Gasteiger partial charge in [0.1, 0.15) is 24.2 Å². The maximum absolute atomic E-state index is 13.9. The van der Waals surface area contributed by atoms with Crippen molar-refractivity contribution in [3.8, 4) is 11.5 Å². The molecule has 5 bridgehead atoms. The number of rotatable bonds is 5. The van der Waals surface area contributed by atoms with Gasteiger partial charge in [-0.05, 0) is 19.9 Å². The van der Waals surface area contributed by atoms with Crippen molar-refractivity contribution in [2.75, 3.05) is 13.7 Å². The average molecular weight is 751 g/mol. The Hall–Kier alpha value is -5.05. The van der Waals surface area contributed by atoms with Gasteiger partial charge in [0.25, 0.3) is 11.7 Å². The van der Waals surface area contributed by atoms with E-state index >= 15 is 0 Å². The van der Waals surface area contributed by atoms with Crippen molar-refractivity contribution >= 4 is 29.2 Å². The number of benzene rings is 1. The molecule has 3 heterocycles. The van der Waals surface area contributed by atoms with Crippen LogP contribution in [-0.2, 0) is 28.6 Å². The first kappa shape index (κ1) is 41.7. The number of ketones is 2. The fourth-order valence-corrected chi connectivity index (χ4v) is 6.92. The summed E-state index contributed by atoms with van der Waals surface area (Å²) in [7, 11) is 1.45. The van der Waals surface area contributed by atoms with Crippen LogP contribution in [0.15, 0.2) is 65.7 Å². The van der Waals surface area contributed by atoms with Gasteiger partial charge in [-0.15, -0.1) is 0 Å². The van der Waals surface area contributed by atoms with E-state index in [-0.39, 0.29) is 51.6 Å². The zero-order valence-electron chi connectivity index (χ0n) is 32.0. The number of aromatic hydroxyl groups is 1. The van der Waals surface area contributed by atoms with Crippen LogP contribution >= 0.6 is 0 Å². The van der Waals surface area contributed by atoms with E-state index in [1.165, 1.54) is 53.2 Å². The minimum Gasteiger partial charge on any atom is -0.507 e. The van der Waals surface area contributed by atoms with Crippen LogP contribution in [0, 0.1) is 30.6 Å². The summed E-state index contributed by atoms with van der Waals surface area (Å²) in [5, 5.41) is 40.8. The molecule has 1 aromatic rings.